The molecule has 0 saturated heterocycles. The van der Waals surface area contributed by atoms with E-state index in [1.165, 1.54) is 36.0 Å². The second-order valence-corrected chi connectivity index (χ2v) is 10.2. The average molecular weight is 535 g/mol. The summed E-state index contributed by atoms with van der Waals surface area (Å²) in [7, 11) is 1.49. The van der Waals surface area contributed by atoms with Crippen molar-refractivity contribution in [2.45, 2.75) is 56.8 Å². The lowest BCUT2D eigenvalue weighted by Gasteiger charge is -2.24. The normalized spacial score (nSPS) is 12.7. The summed E-state index contributed by atoms with van der Waals surface area (Å²) in [6.45, 7) is 5.35. The summed E-state index contributed by atoms with van der Waals surface area (Å²) in [6, 6.07) is 3.07. The second-order valence-electron chi connectivity index (χ2n) is 8.86. The van der Waals surface area contributed by atoms with Gasteiger partial charge in [-0.25, -0.2) is 9.78 Å². The predicted molar refractivity (Wildman–Crippen MR) is 122 cm³/mol. The fourth-order valence-electron chi connectivity index (χ4n) is 3.18. The number of carbonyl (C=O) groups excluding carboxylic acids is 1. The van der Waals surface area contributed by atoms with Crippen molar-refractivity contribution in [2.75, 3.05) is 17.7 Å². The van der Waals surface area contributed by atoms with Crippen LogP contribution in [0.4, 0.5) is 32.4 Å². The van der Waals surface area contributed by atoms with Gasteiger partial charge in [-0.2, -0.15) is 27.1 Å². The third-order valence-electron chi connectivity index (χ3n) is 4.88. The van der Waals surface area contributed by atoms with Crippen LogP contribution in [0.1, 0.15) is 27.7 Å². The molecule has 0 unspecified atom stereocenters. The number of thioether (sulfide) groups is 1. The van der Waals surface area contributed by atoms with E-state index in [1.807, 2.05) is 6.92 Å². The SMILES string of the molecule is CCSc1cc(N(C)C(=O)OC(C)(C)C)c[n+](O)c1-c1cc2cnn(CC(F)(F)C(F)(F)F)c2cn1. The third kappa shape index (κ3) is 5.79. The van der Waals surface area contributed by atoms with Crippen LogP contribution in [-0.4, -0.2) is 56.6 Å². The maximum Gasteiger partial charge on any atom is 0.455 e. The van der Waals surface area contributed by atoms with Gasteiger partial charge in [-0.3, -0.25) is 14.8 Å². The van der Waals surface area contributed by atoms with Gasteiger partial charge in [-0.15, -0.1) is 11.8 Å². The van der Waals surface area contributed by atoms with E-state index in [-0.39, 0.29) is 22.3 Å². The zero-order chi connectivity index (χ0) is 27.1. The molecule has 0 atom stereocenters. The first-order valence-corrected chi connectivity index (χ1v) is 11.7. The van der Waals surface area contributed by atoms with E-state index in [4.69, 9.17) is 4.74 Å². The Morgan fingerprint density at radius 3 is 2.44 bits per heavy atom. The number of ether oxygens (including phenoxy) is 1. The topological polar surface area (TPSA) is 84.4 Å². The van der Waals surface area contributed by atoms with Gasteiger partial charge < -0.3 is 4.74 Å². The fraction of sp³-hybridized carbons (Fsp3) is 0.455. The zero-order valence-electron chi connectivity index (χ0n) is 20.1. The minimum absolute atomic E-state index is 0.0295. The van der Waals surface area contributed by atoms with Crippen molar-refractivity contribution in [1.29, 1.82) is 0 Å². The lowest BCUT2D eigenvalue weighted by atomic mass is 10.2. The second kappa shape index (κ2) is 9.71. The standard InChI is InChI=1S/C22H25F5N5O3S/c1-6-36-17-8-14(30(5)19(33)35-20(2,3)4)11-32(34)18(17)15-7-13-9-29-31(16(13)10-28-15)12-21(23,24)22(25,26)27/h7-11,34H,6,12H2,1-5H3/q+1. The average Bonchev–Trinajstić information content (AvgIpc) is 3.12. The molecule has 0 bridgehead atoms. The van der Waals surface area contributed by atoms with Crippen molar-refractivity contribution >= 4 is 34.4 Å². The molecule has 0 fully saturated rings. The maximum absolute atomic E-state index is 13.5. The van der Waals surface area contributed by atoms with Gasteiger partial charge in [-0.1, -0.05) is 6.92 Å². The molecule has 0 radical (unpaired) electrons. The van der Waals surface area contributed by atoms with Crippen molar-refractivity contribution in [3.63, 3.8) is 0 Å². The van der Waals surface area contributed by atoms with Crippen LogP contribution in [0, 0.1) is 0 Å². The molecule has 8 nitrogen and oxygen atoms in total. The summed E-state index contributed by atoms with van der Waals surface area (Å²) in [5.41, 5.74) is 0.0239. The number of alkyl halides is 5. The number of rotatable bonds is 6. The van der Waals surface area contributed by atoms with Crippen molar-refractivity contribution in [1.82, 2.24) is 14.8 Å². The van der Waals surface area contributed by atoms with Gasteiger partial charge in [0.15, 0.2) is 0 Å². The number of hydrogen-bond donors (Lipinski definition) is 1. The van der Waals surface area contributed by atoms with Crippen LogP contribution >= 0.6 is 11.8 Å². The highest BCUT2D eigenvalue weighted by Crippen LogP contribution is 2.37. The van der Waals surface area contributed by atoms with Crippen molar-refractivity contribution in [3.05, 3.63) is 30.7 Å². The molecule has 196 valence electrons. The maximum atomic E-state index is 13.5. The Balaban J connectivity index is 2.01. The first-order chi connectivity index (χ1) is 16.5. The molecule has 36 heavy (non-hydrogen) atoms. The Labute approximate surface area is 207 Å². The number of anilines is 1. The molecule has 3 aromatic rings. The molecule has 1 amide bonds. The first-order valence-electron chi connectivity index (χ1n) is 10.7. The molecule has 0 aliphatic heterocycles. The van der Waals surface area contributed by atoms with E-state index in [9.17, 15) is 32.0 Å². The van der Waals surface area contributed by atoms with Crippen molar-refractivity contribution < 1.29 is 41.4 Å². The molecule has 3 rings (SSSR count). The molecule has 0 saturated carbocycles. The lowest BCUT2D eigenvalue weighted by molar-refractivity contribution is -0.896. The van der Waals surface area contributed by atoms with Gasteiger partial charge in [0.2, 0.25) is 6.20 Å². The summed E-state index contributed by atoms with van der Waals surface area (Å²) in [5, 5.41) is 14.7. The monoisotopic (exact) mass is 534 g/mol. The Kier molecular flexibility index (Phi) is 7.40. The van der Waals surface area contributed by atoms with Crippen LogP contribution in [0.5, 0.6) is 0 Å². The number of halogens is 5. The summed E-state index contributed by atoms with van der Waals surface area (Å²) >= 11 is 1.34. The number of pyridine rings is 2. The summed E-state index contributed by atoms with van der Waals surface area (Å²) in [6.07, 6.45) is -2.82. The zero-order valence-corrected chi connectivity index (χ0v) is 20.9. The quantitative estimate of drug-likeness (QED) is 0.200. The summed E-state index contributed by atoms with van der Waals surface area (Å²) in [4.78, 5) is 18.4. The number of hydrogen-bond acceptors (Lipinski definition) is 6. The van der Waals surface area contributed by atoms with Gasteiger partial charge in [0.25, 0.3) is 5.69 Å². The van der Waals surface area contributed by atoms with E-state index in [0.717, 1.165) is 17.1 Å². The van der Waals surface area contributed by atoms with E-state index < -0.39 is 30.3 Å². The molecular formula is C22H25F5N5O3S+. The van der Waals surface area contributed by atoms with Gasteiger partial charge in [-0.05, 0) is 38.7 Å². The summed E-state index contributed by atoms with van der Waals surface area (Å²) in [5.74, 6) is -4.38. The molecule has 14 heteroatoms. The number of aromatic nitrogens is 4. The van der Waals surface area contributed by atoms with Gasteiger partial charge in [0.05, 0.1) is 22.8 Å². The van der Waals surface area contributed by atoms with Crippen LogP contribution in [0.2, 0.25) is 0 Å². The predicted octanol–water partition coefficient (Wildman–Crippen LogP) is 5.30. The molecule has 0 aliphatic carbocycles. The lowest BCUT2D eigenvalue weighted by Crippen LogP contribution is -2.40. The number of amides is 1. The largest absolute Gasteiger partial charge is 0.455 e. The molecule has 0 aliphatic rings. The van der Waals surface area contributed by atoms with E-state index in [0.29, 0.717) is 21.0 Å². The minimum Gasteiger partial charge on any atom is -0.443 e. The van der Waals surface area contributed by atoms with Crippen LogP contribution < -0.4 is 9.63 Å². The molecule has 1 N–H and O–H groups in total. The highest BCUT2D eigenvalue weighted by atomic mass is 32.2. The van der Waals surface area contributed by atoms with Gasteiger partial charge in [0, 0.05) is 17.2 Å². The number of fused-ring (bicyclic) bond motifs is 1. The Bertz CT molecular complexity index is 1270. The van der Waals surface area contributed by atoms with Gasteiger partial charge in [0.1, 0.15) is 23.5 Å². The number of carbonyl (C=O) groups is 1. The highest BCUT2D eigenvalue weighted by molar-refractivity contribution is 7.99. The highest BCUT2D eigenvalue weighted by Gasteiger charge is 2.57. The molecular weight excluding hydrogens is 509 g/mol. The van der Waals surface area contributed by atoms with E-state index in [2.05, 4.69) is 10.1 Å². The molecule has 0 aromatic carbocycles. The molecule has 0 spiro atoms. The smallest absolute Gasteiger partial charge is 0.443 e. The van der Waals surface area contributed by atoms with Crippen LogP contribution in [0.3, 0.4) is 0 Å². The Morgan fingerprint density at radius 1 is 1.19 bits per heavy atom. The van der Waals surface area contributed by atoms with Crippen molar-refractivity contribution in [2.24, 2.45) is 0 Å². The van der Waals surface area contributed by atoms with E-state index in [1.54, 1.807) is 26.8 Å². The summed E-state index contributed by atoms with van der Waals surface area (Å²) < 4.78 is 71.6. The minimum atomic E-state index is -5.72. The Morgan fingerprint density at radius 2 is 1.86 bits per heavy atom. The van der Waals surface area contributed by atoms with Crippen LogP contribution in [0.15, 0.2) is 35.6 Å². The molecule has 3 heterocycles. The first kappa shape index (κ1) is 27.4. The van der Waals surface area contributed by atoms with Gasteiger partial charge >= 0.3 is 18.2 Å². The number of nitrogens with zero attached hydrogens (tertiary/aromatic N) is 5. The van der Waals surface area contributed by atoms with Crippen molar-refractivity contribution in [3.8, 4) is 11.4 Å². The fourth-order valence-corrected chi connectivity index (χ4v) is 4.03. The third-order valence-corrected chi connectivity index (χ3v) is 5.80. The van der Waals surface area contributed by atoms with E-state index >= 15 is 0 Å². The molecule has 3 aromatic heterocycles. The van der Waals surface area contributed by atoms with Crippen LogP contribution in [-0.2, 0) is 11.3 Å². The Hall–Kier alpha value is -3.16. The van der Waals surface area contributed by atoms with Crippen LogP contribution in [0.25, 0.3) is 22.3 Å².